The van der Waals surface area contributed by atoms with E-state index >= 15 is 0 Å². The lowest BCUT2D eigenvalue weighted by Gasteiger charge is -2.12. The van der Waals surface area contributed by atoms with Crippen LogP contribution in [0.5, 0.6) is 0 Å². The summed E-state index contributed by atoms with van der Waals surface area (Å²) >= 11 is 0. The molecule has 0 aromatic heterocycles. The Bertz CT molecular complexity index is 365. The predicted octanol–water partition coefficient (Wildman–Crippen LogP) is 3.10. The summed E-state index contributed by atoms with van der Waals surface area (Å²) in [6, 6.07) is 2.22. The van der Waals surface area contributed by atoms with Crippen molar-refractivity contribution < 1.29 is 0 Å². The summed E-state index contributed by atoms with van der Waals surface area (Å²) in [7, 11) is 0. The molecule has 0 atom stereocenters. The van der Waals surface area contributed by atoms with Gasteiger partial charge in [0.25, 0.3) is 0 Å². The maximum atomic E-state index is 5.34. The van der Waals surface area contributed by atoms with Gasteiger partial charge < -0.3 is 0 Å². The lowest BCUT2D eigenvalue weighted by atomic mass is 9.93. The number of hydrogen-bond donors (Lipinski definition) is 0. The molecular weight excluding hydrogens is 156 g/mol. The van der Waals surface area contributed by atoms with Crippen molar-refractivity contribution in [3.8, 4) is 12.3 Å². The lowest BCUT2D eigenvalue weighted by Crippen LogP contribution is -1.97. The number of aryl methyl sites for hydroxylation is 2. The summed E-state index contributed by atoms with van der Waals surface area (Å²) in [5.41, 5.74) is 6.73. The second-order valence-electron chi connectivity index (χ2n) is 3.62. The molecule has 0 radical (unpaired) electrons. The van der Waals surface area contributed by atoms with E-state index in [4.69, 9.17) is 6.42 Å². The van der Waals surface area contributed by atoms with Gasteiger partial charge >= 0.3 is 0 Å². The summed E-state index contributed by atoms with van der Waals surface area (Å²) in [6.45, 7) is 8.59. The molecule has 0 fully saturated rings. The molecule has 0 heteroatoms. The fourth-order valence-electron chi connectivity index (χ4n) is 1.71. The van der Waals surface area contributed by atoms with E-state index in [-0.39, 0.29) is 0 Å². The fourth-order valence-corrected chi connectivity index (χ4v) is 1.71. The number of benzene rings is 1. The number of rotatable bonds is 1. The Kier molecular flexibility index (Phi) is 2.78. The molecule has 0 bridgehead atoms. The first kappa shape index (κ1) is 9.86. The topological polar surface area (TPSA) is 0 Å². The third-order valence-corrected chi connectivity index (χ3v) is 2.79. The quantitative estimate of drug-likeness (QED) is 0.571. The first-order chi connectivity index (χ1) is 6.07. The normalized spacial score (nSPS) is 9.77. The zero-order valence-electron chi connectivity index (χ0n) is 8.86. The van der Waals surface area contributed by atoms with Crippen molar-refractivity contribution in [1.82, 2.24) is 0 Å². The van der Waals surface area contributed by atoms with Crippen LogP contribution in [0.2, 0.25) is 0 Å². The minimum absolute atomic E-state index is 0.749. The smallest absolute Gasteiger partial charge is 0.0343 e. The average Bonchev–Trinajstić information content (AvgIpc) is 2.09. The molecule has 68 valence electrons. The lowest BCUT2D eigenvalue weighted by molar-refractivity contribution is 1.13. The highest BCUT2D eigenvalue weighted by Crippen LogP contribution is 2.21. The molecule has 0 aliphatic carbocycles. The van der Waals surface area contributed by atoms with E-state index in [1.165, 1.54) is 27.8 Å². The minimum atomic E-state index is 0.749. The van der Waals surface area contributed by atoms with Crippen LogP contribution < -0.4 is 0 Å². The molecule has 0 nitrogen and oxygen atoms in total. The van der Waals surface area contributed by atoms with Crippen LogP contribution in [-0.2, 0) is 6.42 Å². The zero-order chi connectivity index (χ0) is 10.0. The van der Waals surface area contributed by atoms with Crippen molar-refractivity contribution in [1.29, 1.82) is 0 Å². The Balaban J connectivity index is 3.36. The van der Waals surface area contributed by atoms with Gasteiger partial charge in [-0.2, -0.15) is 0 Å². The van der Waals surface area contributed by atoms with E-state index in [9.17, 15) is 0 Å². The standard InChI is InChI=1S/C13H16/c1-6-7-13-10(3)8-9(2)11(4)12(13)5/h1,8H,7H2,2-5H3. The maximum absolute atomic E-state index is 5.34. The zero-order valence-corrected chi connectivity index (χ0v) is 8.86. The third kappa shape index (κ3) is 1.75. The predicted molar refractivity (Wildman–Crippen MR) is 57.9 cm³/mol. The maximum Gasteiger partial charge on any atom is 0.0343 e. The Morgan fingerprint density at radius 3 is 2.23 bits per heavy atom. The van der Waals surface area contributed by atoms with Gasteiger partial charge in [-0.05, 0) is 55.5 Å². The van der Waals surface area contributed by atoms with Gasteiger partial charge in [0.1, 0.15) is 0 Å². The Labute approximate surface area is 81.0 Å². The van der Waals surface area contributed by atoms with Crippen LogP contribution >= 0.6 is 0 Å². The van der Waals surface area contributed by atoms with Crippen LogP contribution in [0.1, 0.15) is 27.8 Å². The highest BCUT2D eigenvalue weighted by atomic mass is 14.1. The van der Waals surface area contributed by atoms with Gasteiger partial charge in [-0.1, -0.05) is 6.07 Å². The molecule has 1 aromatic carbocycles. The molecule has 0 spiro atoms. The van der Waals surface area contributed by atoms with E-state index in [0.29, 0.717) is 0 Å². The third-order valence-electron chi connectivity index (χ3n) is 2.79. The molecule has 0 amide bonds. The highest BCUT2D eigenvalue weighted by Gasteiger charge is 2.06. The van der Waals surface area contributed by atoms with Gasteiger partial charge in [-0.3, -0.25) is 0 Å². The molecule has 13 heavy (non-hydrogen) atoms. The van der Waals surface area contributed by atoms with Crippen LogP contribution in [0.3, 0.4) is 0 Å². The molecule has 1 rings (SSSR count). The average molecular weight is 172 g/mol. The Morgan fingerprint density at radius 2 is 1.69 bits per heavy atom. The van der Waals surface area contributed by atoms with E-state index < -0.39 is 0 Å². The van der Waals surface area contributed by atoms with Gasteiger partial charge in [-0.15, -0.1) is 12.3 Å². The Hall–Kier alpha value is -1.22. The molecule has 0 saturated heterocycles. The van der Waals surface area contributed by atoms with Crippen LogP contribution in [-0.4, -0.2) is 0 Å². The molecule has 0 saturated carbocycles. The van der Waals surface area contributed by atoms with Crippen molar-refractivity contribution in [3.05, 3.63) is 33.9 Å². The number of hydrogen-bond acceptors (Lipinski definition) is 0. The van der Waals surface area contributed by atoms with E-state index in [1.807, 2.05) is 0 Å². The van der Waals surface area contributed by atoms with Crippen LogP contribution in [0.25, 0.3) is 0 Å². The van der Waals surface area contributed by atoms with Crippen molar-refractivity contribution in [3.63, 3.8) is 0 Å². The van der Waals surface area contributed by atoms with Crippen molar-refractivity contribution in [2.45, 2.75) is 34.1 Å². The summed E-state index contributed by atoms with van der Waals surface area (Å²) in [4.78, 5) is 0. The van der Waals surface area contributed by atoms with Gasteiger partial charge in [0.05, 0.1) is 0 Å². The van der Waals surface area contributed by atoms with Crippen LogP contribution in [0.4, 0.5) is 0 Å². The summed E-state index contributed by atoms with van der Waals surface area (Å²) in [6.07, 6.45) is 6.09. The van der Waals surface area contributed by atoms with Gasteiger partial charge in [0.2, 0.25) is 0 Å². The monoisotopic (exact) mass is 172 g/mol. The van der Waals surface area contributed by atoms with Gasteiger partial charge in [0, 0.05) is 6.42 Å². The van der Waals surface area contributed by atoms with Gasteiger partial charge in [-0.25, -0.2) is 0 Å². The molecule has 0 aliphatic heterocycles. The summed E-state index contributed by atoms with van der Waals surface area (Å²) in [5, 5.41) is 0. The first-order valence-electron chi connectivity index (χ1n) is 4.57. The first-order valence-corrected chi connectivity index (χ1v) is 4.57. The second kappa shape index (κ2) is 3.66. The SMILES string of the molecule is C#CCc1c(C)cc(C)c(C)c1C. The number of terminal acetylenes is 1. The van der Waals surface area contributed by atoms with E-state index in [2.05, 4.69) is 39.7 Å². The molecular formula is C13H16. The van der Waals surface area contributed by atoms with Crippen molar-refractivity contribution in [2.24, 2.45) is 0 Å². The molecule has 0 unspecified atom stereocenters. The van der Waals surface area contributed by atoms with Crippen LogP contribution in [0, 0.1) is 40.0 Å². The Morgan fingerprint density at radius 1 is 1.08 bits per heavy atom. The van der Waals surface area contributed by atoms with Crippen molar-refractivity contribution >= 4 is 0 Å². The van der Waals surface area contributed by atoms with E-state index in [0.717, 1.165) is 6.42 Å². The summed E-state index contributed by atoms with van der Waals surface area (Å²) in [5.74, 6) is 2.71. The largest absolute Gasteiger partial charge is 0.120 e. The van der Waals surface area contributed by atoms with Gasteiger partial charge in [0.15, 0.2) is 0 Å². The van der Waals surface area contributed by atoms with Crippen molar-refractivity contribution in [2.75, 3.05) is 0 Å². The molecule has 0 heterocycles. The molecule has 1 aromatic rings. The highest BCUT2D eigenvalue weighted by molar-refractivity contribution is 5.45. The summed E-state index contributed by atoms with van der Waals surface area (Å²) < 4.78 is 0. The van der Waals surface area contributed by atoms with E-state index in [1.54, 1.807) is 0 Å². The second-order valence-corrected chi connectivity index (χ2v) is 3.62. The minimum Gasteiger partial charge on any atom is -0.120 e. The van der Waals surface area contributed by atoms with Crippen LogP contribution in [0.15, 0.2) is 6.07 Å². The molecule has 0 aliphatic rings. The fraction of sp³-hybridized carbons (Fsp3) is 0.385. The molecule has 0 N–H and O–H groups in total.